The lowest BCUT2D eigenvalue weighted by atomic mass is 9.95. The van der Waals surface area contributed by atoms with E-state index in [1.54, 1.807) is 19.8 Å². The molecule has 1 saturated heterocycles. The van der Waals surface area contributed by atoms with E-state index in [1.807, 2.05) is 11.5 Å². The number of methoxy groups -OCH3 is 1. The average molecular weight is 361 g/mol. The van der Waals surface area contributed by atoms with Crippen LogP contribution in [-0.4, -0.2) is 56.1 Å². The van der Waals surface area contributed by atoms with Crippen LogP contribution >= 0.6 is 0 Å². The molecule has 0 spiro atoms. The summed E-state index contributed by atoms with van der Waals surface area (Å²) < 4.78 is 13.4. The number of hydrogen-bond donors (Lipinski definition) is 2. The van der Waals surface area contributed by atoms with Gasteiger partial charge in [0.1, 0.15) is 18.5 Å². The van der Waals surface area contributed by atoms with E-state index in [2.05, 4.69) is 20.3 Å². The van der Waals surface area contributed by atoms with Crippen molar-refractivity contribution in [2.45, 2.75) is 76.0 Å². The lowest BCUT2D eigenvalue weighted by Crippen LogP contribution is -2.33. The van der Waals surface area contributed by atoms with Gasteiger partial charge >= 0.3 is 0 Å². The summed E-state index contributed by atoms with van der Waals surface area (Å²) in [4.78, 5) is 13.4. The maximum Gasteiger partial charge on any atom is 0.167 e. The van der Waals surface area contributed by atoms with E-state index in [4.69, 9.17) is 9.47 Å². The fourth-order valence-electron chi connectivity index (χ4n) is 4.12. The molecule has 8 heteroatoms. The molecule has 3 heterocycles. The van der Waals surface area contributed by atoms with Crippen molar-refractivity contribution in [2.75, 3.05) is 12.4 Å². The van der Waals surface area contributed by atoms with Gasteiger partial charge in [-0.1, -0.05) is 26.2 Å². The first kappa shape index (κ1) is 17.6. The van der Waals surface area contributed by atoms with Crippen molar-refractivity contribution in [3.05, 3.63) is 12.7 Å². The Morgan fingerprint density at radius 2 is 2.08 bits per heavy atom. The number of fused-ring (bicyclic) bond motifs is 1. The zero-order valence-electron chi connectivity index (χ0n) is 15.3. The number of rotatable bonds is 5. The molecule has 4 atom stereocenters. The number of nitrogens with one attached hydrogen (secondary N) is 1. The highest BCUT2D eigenvalue weighted by atomic mass is 16.6. The molecule has 26 heavy (non-hydrogen) atoms. The molecular formula is C18H27N5O3. The van der Waals surface area contributed by atoms with Gasteiger partial charge in [-0.05, 0) is 19.3 Å². The molecule has 1 saturated carbocycles. The number of imidazole rings is 1. The van der Waals surface area contributed by atoms with Crippen LogP contribution in [0.5, 0.6) is 0 Å². The molecule has 2 aromatic rings. The van der Waals surface area contributed by atoms with Crippen LogP contribution < -0.4 is 5.32 Å². The number of ether oxygens (including phenoxy) is 2. The Morgan fingerprint density at radius 3 is 2.81 bits per heavy atom. The van der Waals surface area contributed by atoms with Crippen LogP contribution in [0.2, 0.25) is 0 Å². The Morgan fingerprint density at radius 1 is 1.27 bits per heavy atom. The van der Waals surface area contributed by atoms with Crippen LogP contribution in [0.4, 0.5) is 5.82 Å². The lowest BCUT2D eigenvalue weighted by Gasteiger charge is -2.23. The minimum Gasteiger partial charge on any atom is -0.388 e. The summed E-state index contributed by atoms with van der Waals surface area (Å²) in [5.41, 5.74) is 1.42. The van der Waals surface area contributed by atoms with Gasteiger partial charge in [0.25, 0.3) is 0 Å². The van der Waals surface area contributed by atoms with Crippen LogP contribution in [0.3, 0.4) is 0 Å². The largest absolute Gasteiger partial charge is 0.388 e. The van der Waals surface area contributed by atoms with Gasteiger partial charge in [-0.2, -0.15) is 0 Å². The molecule has 0 radical (unpaired) electrons. The van der Waals surface area contributed by atoms with Gasteiger partial charge in [-0.25, -0.2) is 15.0 Å². The SMILES string of the molecule is CC[C@@H]1O[C@H](n2cnc3c(NC4CCCCC4)ncnc32)[C@@H](OC)[C@H]1O. The Labute approximate surface area is 152 Å². The summed E-state index contributed by atoms with van der Waals surface area (Å²) >= 11 is 0. The fraction of sp³-hybridized carbons (Fsp3) is 0.722. The van der Waals surface area contributed by atoms with Crippen molar-refractivity contribution in [3.8, 4) is 0 Å². The average Bonchev–Trinajstić information content (AvgIpc) is 3.23. The predicted octanol–water partition coefficient (Wildman–Crippen LogP) is 2.25. The highest BCUT2D eigenvalue weighted by Crippen LogP contribution is 2.35. The third-order valence-electron chi connectivity index (χ3n) is 5.57. The first-order valence-electron chi connectivity index (χ1n) is 9.53. The summed E-state index contributed by atoms with van der Waals surface area (Å²) in [7, 11) is 1.59. The molecule has 4 rings (SSSR count). The maximum absolute atomic E-state index is 10.4. The topological polar surface area (TPSA) is 94.3 Å². The Hall–Kier alpha value is -1.77. The van der Waals surface area contributed by atoms with Gasteiger partial charge in [0, 0.05) is 13.2 Å². The molecule has 1 aliphatic carbocycles. The maximum atomic E-state index is 10.4. The molecule has 2 fully saturated rings. The van der Waals surface area contributed by atoms with Crippen molar-refractivity contribution in [2.24, 2.45) is 0 Å². The number of nitrogens with zero attached hydrogens (tertiary/aromatic N) is 4. The summed E-state index contributed by atoms with van der Waals surface area (Å²) in [5, 5.41) is 14.0. The van der Waals surface area contributed by atoms with E-state index < -0.39 is 18.4 Å². The van der Waals surface area contributed by atoms with Crippen molar-refractivity contribution in [1.82, 2.24) is 19.5 Å². The second-order valence-corrected chi connectivity index (χ2v) is 7.19. The summed E-state index contributed by atoms with van der Waals surface area (Å²) in [6.45, 7) is 1.99. The highest BCUT2D eigenvalue weighted by molar-refractivity contribution is 5.82. The molecular weight excluding hydrogens is 334 g/mol. The number of anilines is 1. The smallest absolute Gasteiger partial charge is 0.167 e. The normalized spacial score (nSPS) is 30.1. The van der Waals surface area contributed by atoms with Crippen molar-refractivity contribution in [3.63, 3.8) is 0 Å². The molecule has 2 N–H and O–H groups in total. The molecule has 2 aromatic heterocycles. The Kier molecular flexibility index (Phi) is 5.06. The lowest BCUT2D eigenvalue weighted by molar-refractivity contribution is -0.0497. The Bertz CT molecular complexity index is 746. The van der Waals surface area contributed by atoms with E-state index in [0.29, 0.717) is 18.1 Å². The van der Waals surface area contributed by atoms with Gasteiger partial charge in [0.2, 0.25) is 0 Å². The van der Waals surface area contributed by atoms with E-state index in [9.17, 15) is 5.11 Å². The van der Waals surface area contributed by atoms with Crippen LogP contribution in [0, 0.1) is 0 Å². The molecule has 0 bridgehead atoms. The minimum atomic E-state index is -0.672. The van der Waals surface area contributed by atoms with Gasteiger partial charge in [-0.15, -0.1) is 0 Å². The fourth-order valence-corrected chi connectivity index (χ4v) is 4.12. The predicted molar refractivity (Wildman–Crippen MR) is 96.8 cm³/mol. The van der Waals surface area contributed by atoms with Gasteiger partial charge in [0.05, 0.1) is 12.4 Å². The number of aliphatic hydroxyl groups excluding tert-OH is 1. The number of aliphatic hydroxyl groups is 1. The molecule has 8 nitrogen and oxygen atoms in total. The van der Waals surface area contributed by atoms with Crippen LogP contribution in [0.15, 0.2) is 12.7 Å². The van der Waals surface area contributed by atoms with Crippen molar-refractivity contribution in [1.29, 1.82) is 0 Å². The monoisotopic (exact) mass is 361 g/mol. The quantitative estimate of drug-likeness (QED) is 0.843. The van der Waals surface area contributed by atoms with Crippen molar-refractivity contribution >= 4 is 17.0 Å². The zero-order valence-corrected chi connectivity index (χ0v) is 15.3. The third-order valence-corrected chi connectivity index (χ3v) is 5.57. The van der Waals surface area contributed by atoms with E-state index in [-0.39, 0.29) is 6.10 Å². The van der Waals surface area contributed by atoms with E-state index in [0.717, 1.165) is 24.2 Å². The molecule has 142 valence electrons. The standard InChI is InChI=1S/C18H27N5O3/c1-3-12-14(24)15(25-2)18(26-12)23-10-21-13-16(19-9-20-17(13)23)22-11-7-5-4-6-8-11/h9-12,14-15,18,24H,3-8H2,1-2H3,(H,19,20,22)/t12-,14-,15-,18-/m0/s1. The molecule has 0 aromatic carbocycles. The highest BCUT2D eigenvalue weighted by Gasteiger charge is 2.44. The zero-order chi connectivity index (χ0) is 18.1. The molecule has 0 unspecified atom stereocenters. The minimum absolute atomic E-state index is 0.260. The van der Waals surface area contributed by atoms with E-state index >= 15 is 0 Å². The van der Waals surface area contributed by atoms with Gasteiger partial charge < -0.3 is 19.9 Å². The second-order valence-electron chi connectivity index (χ2n) is 7.19. The Balaban J connectivity index is 1.64. The van der Waals surface area contributed by atoms with Crippen LogP contribution in [-0.2, 0) is 9.47 Å². The first-order valence-corrected chi connectivity index (χ1v) is 9.53. The molecule has 2 aliphatic rings. The molecule has 0 amide bonds. The van der Waals surface area contributed by atoms with Crippen LogP contribution in [0.25, 0.3) is 11.2 Å². The number of aromatic nitrogens is 4. The van der Waals surface area contributed by atoms with Gasteiger partial charge in [-0.3, -0.25) is 4.57 Å². The first-order chi connectivity index (χ1) is 12.7. The number of hydrogen-bond acceptors (Lipinski definition) is 7. The summed E-state index contributed by atoms with van der Waals surface area (Å²) in [6.07, 6.45) is 8.26. The van der Waals surface area contributed by atoms with Crippen LogP contribution in [0.1, 0.15) is 51.7 Å². The van der Waals surface area contributed by atoms with Crippen molar-refractivity contribution < 1.29 is 14.6 Å². The van der Waals surface area contributed by atoms with E-state index in [1.165, 1.54) is 19.3 Å². The summed E-state index contributed by atoms with van der Waals surface area (Å²) in [5.74, 6) is 0.764. The van der Waals surface area contributed by atoms with Gasteiger partial charge in [0.15, 0.2) is 23.2 Å². The molecule has 1 aliphatic heterocycles. The third kappa shape index (κ3) is 3.06. The summed E-state index contributed by atoms with van der Waals surface area (Å²) in [6, 6.07) is 0.438. The second kappa shape index (κ2) is 7.46.